The molecule has 1 aliphatic heterocycles. The van der Waals surface area contributed by atoms with Crippen molar-refractivity contribution >= 4 is 37.3 Å². The standard InChI is InChI=1S/C20H24N2O7S2/c1-5-29-18-9-7-15(22-20(23)14(3)12-30(22,24)25)11-19(18)31(26,27)21-16-10-13(2)6-8-17(16)28-4/h6-11,14,21H,5,12H2,1-4H3. The second kappa shape index (κ2) is 8.39. The number of nitrogens with one attached hydrogen (secondary N) is 1. The summed E-state index contributed by atoms with van der Waals surface area (Å²) in [4.78, 5) is 12.1. The summed E-state index contributed by atoms with van der Waals surface area (Å²) < 4.78 is 65.2. The van der Waals surface area contributed by atoms with E-state index in [2.05, 4.69) is 4.72 Å². The van der Waals surface area contributed by atoms with Gasteiger partial charge in [0.1, 0.15) is 16.4 Å². The summed E-state index contributed by atoms with van der Waals surface area (Å²) in [6.07, 6.45) is 0. The Bertz CT molecular complexity index is 1220. The van der Waals surface area contributed by atoms with Gasteiger partial charge >= 0.3 is 0 Å². The van der Waals surface area contributed by atoms with E-state index in [9.17, 15) is 21.6 Å². The zero-order valence-corrected chi connectivity index (χ0v) is 19.2. The molecule has 1 atom stereocenters. The van der Waals surface area contributed by atoms with E-state index in [1.165, 1.54) is 26.2 Å². The van der Waals surface area contributed by atoms with Gasteiger partial charge in [-0.25, -0.2) is 21.1 Å². The van der Waals surface area contributed by atoms with Crippen LogP contribution in [0.4, 0.5) is 11.4 Å². The molecule has 11 heteroatoms. The minimum atomic E-state index is -4.22. The van der Waals surface area contributed by atoms with E-state index >= 15 is 0 Å². The molecule has 0 radical (unpaired) electrons. The summed E-state index contributed by atoms with van der Waals surface area (Å²) in [5.41, 5.74) is 0.961. The zero-order valence-electron chi connectivity index (χ0n) is 17.6. The molecule has 9 nitrogen and oxygen atoms in total. The average molecular weight is 469 g/mol. The Morgan fingerprint density at radius 1 is 1.16 bits per heavy atom. The molecule has 0 spiro atoms. The molecule has 1 heterocycles. The van der Waals surface area contributed by atoms with Crippen LogP contribution in [0.5, 0.6) is 11.5 Å². The Hall–Kier alpha value is -2.79. The van der Waals surface area contributed by atoms with E-state index in [0.717, 1.165) is 11.6 Å². The summed E-state index contributed by atoms with van der Waals surface area (Å²) in [6.45, 7) is 5.19. The van der Waals surface area contributed by atoms with Crippen LogP contribution in [-0.4, -0.2) is 42.2 Å². The minimum absolute atomic E-state index is 0.0301. The molecule has 2 aromatic rings. The molecular formula is C20H24N2O7S2. The summed E-state index contributed by atoms with van der Waals surface area (Å²) in [5.74, 6) is -1.32. The second-order valence-corrected chi connectivity index (χ2v) is 10.7. The Kier molecular flexibility index (Phi) is 6.19. The van der Waals surface area contributed by atoms with Crippen LogP contribution in [0.1, 0.15) is 19.4 Å². The lowest BCUT2D eigenvalue weighted by Gasteiger charge is -2.19. The maximum absolute atomic E-state index is 13.3. The number of rotatable bonds is 7. The summed E-state index contributed by atoms with van der Waals surface area (Å²) >= 11 is 0. The maximum Gasteiger partial charge on any atom is 0.265 e. The molecule has 2 aromatic carbocycles. The third kappa shape index (κ3) is 4.47. The number of hydrogen-bond donors (Lipinski definition) is 1. The molecule has 1 N–H and O–H groups in total. The van der Waals surface area contributed by atoms with Crippen LogP contribution in [-0.2, 0) is 24.8 Å². The van der Waals surface area contributed by atoms with E-state index in [-0.39, 0.29) is 34.4 Å². The van der Waals surface area contributed by atoms with Crippen LogP contribution in [0.2, 0.25) is 0 Å². The number of hydrogen-bond acceptors (Lipinski definition) is 7. The molecule has 1 saturated heterocycles. The maximum atomic E-state index is 13.3. The van der Waals surface area contributed by atoms with Gasteiger partial charge in [0.2, 0.25) is 15.9 Å². The molecule has 3 rings (SSSR count). The first-order valence-electron chi connectivity index (χ1n) is 9.51. The number of aryl methyl sites for hydroxylation is 1. The number of ether oxygens (including phenoxy) is 2. The van der Waals surface area contributed by atoms with Gasteiger partial charge in [-0.2, -0.15) is 0 Å². The topological polar surface area (TPSA) is 119 Å². The van der Waals surface area contributed by atoms with Crippen LogP contribution in [0, 0.1) is 12.8 Å². The van der Waals surface area contributed by atoms with Gasteiger partial charge in [-0.15, -0.1) is 0 Å². The lowest BCUT2D eigenvalue weighted by molar-refractivity contribution is -0.119. The van der Waals surface area contributed by atoms with Crippen molar-refractivity contribution in [3.63, 3.8) is 0 Å². The Morgan fingerprint density at radius 3 is 2.42 bits per heavy atom. The van der Waals surface area contributed by atoms with Crippen LogP contribution >= 0.6 is 0 Å². The van der Waals surface area contributed by atoms with E-state index in [1.807, 2.05) is 0 Å². The van der Waals surface area contributed by atoms with Crippen molar-refractivity contribution in [1.82, 2.24) is 0 Å². The monoisotopic (exact) mass is 468 g/mol. The van der Waals surface area contributed by atoms with Gasteiger partial charge in [-0.3, -0.25) is 9.52 Å². The van der Waals surface area contributed by atoms with Gasteiger partial charge in [0, 0.05) is 0 Å². The van der Waals surface area contributed by atoms with Gasteiger partial charge in [0.05, 0.1) is 36.8 Å². The van der Waals surface area contributed by atoms with Gasteiger partial charge in [-0.1, -0.05) is 13.0 Å². The lowest BCUT2D eigenvalue weighted by Crippen LogP contribution is -2.30. The highest BCUT2D eigenvalue weighted by Gasteiger charge is 2.42. The first-order valence-corrected chi connectivity index (χ1v) is 12.6. The highest BCUT2D eigenvalue weighted by molar-refractivity contribution is 7.94. The Balaban J connectivity index is 2.12. The fourth-order valence-electron chi connectivity index (χ4n) is 3.30. The normalized spacial score (nSPS) is 18.1. The van der Waals surface area contributed by atoms with Crippen molar-refractivity contribution in [1.29, 1.82) is 0 Å². The first-order chi connectivity index (χ1) is 14.5. The van der Waals surface area contributed by atoms with Crippen LogP contribution < -0.4 is 18.5 Å². The number of sulfonamides is 2. The molecule has 0 aromatic heterocycles. The van der Waals surface area contributed by atoms with E-state index in [1.54, 1.807) is 32.0 Å². The fraction of sp³-hybridized carbons (Fsp3) is 0.350. The number of amides is 1. The summed E-state index contributed by atoms with van der Waals surface area (Å²) in [7, 11) is -6.70. The molecular weight excluding hydrogens is 444 g/mol. The molecule has 1 fully saturated rings. The van der Waals surface area contributed by atoms with E-state index < -0.39 is 31.9 Å². The van der Waals surface area contributed by atoms with Gasteiger partial charge in [-0.05, 0) is 49.7 Å². The second-order valence-electron chi connectivity index (χ2n) is 7.16. The predicted molar refractivity (Wildman–Crippen MR) is 117 cm³/mol. The molecule has 0 saturated carbocycles. The minimum Gasteiger partial charge on any atom is -0.495 e. The Labute approximate surface area is 182 Å². The molecule has 0 bridgehead atoms. The van der Waals surface area contributed by atoms with Crippen molar-refractivity contribution in [2.45, 2.75) is 25.7 Å². The van der Waals surface area contributed by atoms with Gasteiger partial charge < -0.3 is 9.47 Å². The number of methoxy groups -OCH3 is 1. The number of nitrogens with zero attached hydrogens (tertiary/aromatic N) is 1. The van der Waals surface area contributed by atoms with Crippen molar-refractivity contribution < 1.29 is 31.1 Å². The SMILES string of the molecule is CCOc1ccc(N2C(=O)C(C)CS2(=O)=O)cc1S(=O)(=O)Nc1cc(C)ccc1OC. The van der Waals surface area contributed by atoms with Crippen molar-refractivity contribution in [3.05, 3.63) is 42.0 Å². The van der Waals surface area contributed by atoms with E-state index in [4.69, 9.17) is 9.47 Å². The summed E-state index contributed by atoms with van der Waals surface area (Å²) in [5, 5.41) is 0. The smallest absolute Gasteiger partial charge is 0.265 e. The summed E-state index contributed by atoms with van der Waals surface area (Å²) in [6, 6.07) is 8.83. The fourth-order valence-corrected chi connectivity index (χ4v) is 6.34. The molecule has 1 aliphatic rings. The highest BCUT2D eigenvalue weighted by atomic mass is 32.2. The number of carbonyl (C=O) groups excluding carboxylic acids is 1. The number of benzene rings is 2. The third-order valence-electron chi connectivity index (χ3n) is 4.71. The van der Waals surface area contributed by atoms with Crippen molar-refractivity contribution in [3.8, 4) is 11.5 Å². The Morgan fingerprint density at radius 2 is 1.84 bits per heavy atom. The van der Waals surface area contributed by atoms with Gasteiger partial charge in [0.25, 0.3) is 10.0 Å². The third-order valence-corrected chi connectivity index (χ3v) is 7.97. The van der Waals surface area contributed by atoms with Crippen LogP contribution in [0.15, 0.2) is 41.3 Å². The van der Waals surface area contributed by atoms with Crippen molar-refractivity contribution in [2.75, 3.05) is 28.5 Å². The highest BCUT2D eigenvalue weighted by Crippen LogP contribution is 2.36. The van der Waals surface area contributed by atoms with Gasteiger partial charge in [0.15, 0.2) is 0 Å². The van der Waals surface area contributed by atoms with E-state index in [0.29, 0.717) is 10.1 Å². The van der Waals surface area contributed by atoms with Crippen molar-refractivity contribution in [2.24, 2.45) is 5.92 Å². The average Bonchev–Trinajstić information content (AvgIpc) is 2.89. The van der Waals surface area contributed by atoms with Crippen LogP contribution in [0.3, 0.4) is 0 Å². The zero-order chi connectivity index (χ0) is 23.0. The quantitative estimate of drug-likeness (QED) is 0.663. The molecule has 1 amide bonds. The van der Waals surface area contributed by atoms with Crippen LogP contribution in [0.25, 0.3) is 0 Å². The molecule has 168 valence electrons. The first kappa shape index (κ1) is 22.9. The largest absolute Gasteiger partial charge is 0.495 e. The molecule has 1 unspecified atom stereocenters. The molecule has 31 heavy (non-hydrogen) atoms. The predicted octanol–water partition coefficient (Wildman–Crippen LogP) is 2.52. The lowest BCUT2D eigenvalue weighted by atomic mass is 10.2. The number of carbonyl (C=O) groups is 1. The molecule has 0 aliphatic carbocycles. The number of anilines is 2.